The van der Waals surface area contributed by atoms with Crippen molar-refractivity contribution in [1.82, 2.24) is 0 Å². The minimum absolute atomic E-state index is 0.330. The van der Waals surface area contributed by atoms with Crippen molar-refractivity contribution in [3.8, 4) is 45.8 Å². The molecule has 3 fully saturated rings. The second-order valence-electron chi connectivity index (χ2n) is 13.2. The molecule has 0 radical (unpaired) electrons. The van der Waals surface area contributed by atoms with Crippen LogP contribution in [0.15, 0.2) is 33.5 Å². The van der Waals surface area contributed by atoms with E-state index in [0.29, 0.717) is 0 Å². The third-order valence-corrected chi connectivity index (χ3v) is 9.46. The SMILES string of the molecule is C[C@@H]1O[C@@H](O[C@@H]2[C@H](Oc3c(-c4cc(O)c(O)c(O)c4)oc4cc(O)cc(O)c4c3=O)O[C@H](CO[C@H]3O[C@H](C)[C@@H](O)[C@H](O)[C@@H]3O)[C@H](O)[C@H]2O)[C@@H](O)[C@H](O)[C@@H]1O. The van der Waals surface area contributed by atoms with Crippen LogP contribution in [0.1, 0.15) is 13.8 Å². The number of ether oxygens (including phenoxy) is 6. The third-order valence-electron chi connectivity index (χ3n) is 9.46. The number of hydrogen-bond donors (Lipinski definition) is 13. The molecule has 3 saturated heterocycles. The molecule has 3 aliphatic heterocycles. The van der Waals surface area contributed by atoms with Crippen molar-refractivity contribution in [3.05, 3.63) is 34.5 Å². The molecule has 3 aliphatic rings. The molecule has 54 heavy (non-hydrogen) atoms. The largest absolute Gasteiger partial charge is 0.508 e. The predicted molar refractivity (Wildman–Crippen MR) is 173 cm³/mol. The lowest BCUT2D eigenvalue weighted by atomic mass is 9.97. The van der Waals surface area contributed by atoms with Crippen molar-refractivity contribution >= 4 is 11.0 Å². The monoisotopic (exact) mass is 772 g/mol. The van der Waals surface area contributed by atoms with Crippen molar-refractivity contribution in [2.45, 2.75) is 106 Å². The van der Waals surface area contributed by atoms with Gasteiger partial charge in [0.15, 0.2) is 41.7 Å². The van der Waals surface area contributed by atoms with Gasteiger partial charge in [0.1, 0.15) is 77.4 Å². The smallest absolute Gasteiger partial charge is 0.239 e. The number of aliphatic hydroxyl groups excluding tert-OH is 8. The van der Waals surface area contributed by atoms with E-state index in [0.717, 1.165) is 24.3 Å². The van der Waals surface area contributed by atoms with E-state index in [1.807, 2.05) is 0 Å². The van der Waals surface area contributed by atoms with Gasteiger partial charge in [0, 0.05) is 17.7 Å². The standard InChI is InChI=1S/C33H40O21/c1-8-18(38)23(43)26(46)31(49-8)48-7-16-21(41)25(45)30(54-32-27(47)24(44)19(39)9(2)50-32)33(52-16)53-29-22(42)17-12(35)5-11(34)6-15(17)51-28(29)10-3-13(36)20(40)14(37)4-10/h3-6,8-9,16,18-19,21,23-27,30-41,43-47H,7H2,1-2H3/t8-,9+,16-,18-,19-,21+,23+,24-,25-,26+,27+,30+,31+,32+,33+/m1/s1. The zero-order chi connectivity index (χ0) is 39.5. The first-order valence-electron chi connectivity index (χ1n) is 16.5. The Labute approximate surface area is 303 Å². The Kier molecular flexibility index (Phi) is 11.2. The molecule has 2 aromatic carbocycles. The van der Waals surface area contributed by atoms with Crippen LogP contribution in [-0.4, -0.2) is 165 Å². The highest BCUT2D eigenvalue weighted by Crippen LogP contribution is 2.43. The second kappa shape index (κ2) is 15.2. The Balaban J connectivity index is 1.42. The summed E-state index contributed by atoms with van der Waals surface area (Å²) in [5.41, 5.74) is -1.93. The van der Waals surface area contributed by atoms with Gasteiger partial charge in [-0.2, -0.15) is 0 Å². The van der Waals surface area contributed by atoms with E-state index in [1.165, 1.54) is 13.8 Å². The molecule has 0 unspecified atom stereocenters. The van der Waals surface area contributed by atoms with Crippen LogP contribution in [0.2, 0.25) is 0 Å². The number of rotatable bonds is 8. The zero-order valence-electron chi connectivity index (χ0n) is 28.3. The summed E-state index contributed by atoms with van der Waals surface area (Å²) in [4.78, 5) is 14.1. The highest BCUT2D eigenvalue weighted by molar-refractivity contribution is 5.88. The molecule has 4 heterocycles. The van der Waals surface area contributed by atoms with Crippen LogP contribution in [0.4, 0.5) is 0 Å². The van der Waals surface area contributed by atoms with Gasteiger partial charge in [-0.15, -0.1) is 0 Å². The van der Waals surface area contributed by atoms with E-state index in [2.05, 4.69) is 0 Å². The number of aromatic hydroxyl groups is 5. The van der Waals surface area contributed by atoms with Crippen LogP contribution in [-0.2, 0) is 23.7 Å². The summed E-state index contributed by atoms with van der Waals surface area (Å²) in [5, 5.41) is 135. The van der Waals surface area contributed by atoms with Crippen molar-refractivity contribution in [2.24, 2.45) is 0 Å². The Morgan fingerprint density at radius 2 is 1.20 bits per heavy atom. The minimum Gasteiger partial charge on any atom is -0.508 e. The predicted octanol–water partition coefficient (Wildman–Crippen LogP) is -3.13. The fraction of sp³-hybridized carbons (Fsp3) is 0.545. The van der Waals surface area contributed by atoms with Crippen LogP contribution < -0.4 is 10.2 Å². The van der Waals surface area contributed by atoms with Crippen molar-refractivity contribution in [1.29, 1.82) is 0 Å². The molecule has 21 nitrogen and oxygen atoms in total. The van der Waals surface area contributed by atoms with Crippen molar-refractivity contribution in [2.75, 3.05) is 6.61 Å². The number of benzene rings is 2. The number of phenolic OH excluding ortho intramolecular Hbond substituents is 5. The molecule has 1 aromatic heterocycles. The molecule has 15 atom stereocenters. The third kappa shape index (κ3) is 7.22. The molecular weight excluding hydrogens is 732 g/mol. The molecule has 21 heteroatoms. The van der Waals surface area contributed by atoms with E-state index in [-0.39, 0.29) is 5.56 Å². The van der Waals surface area contributed by atoms with Gasteiger partial charge in [0.25, 0.3) is 0 Å². The summed E-state index contributed by atoms with van der Waals surface area (Å²) < 4.78 is 39.9. The van der Waals surface area contributed by atoms with Gasteiger partial charge in [-0.3, -0.25) is 4.79 Å². The molecule has 3 aromatic rings. The van der Waals surface area contributed by atoms with Gasteiger partial charge in [0.05, 0.1) is 18.8 Å². The first-order valence-corrected chi connectivity index (χ1v) is 16.5. The minimum atomic E-state index is -2.08. The maximum atomic E-state index is 14.1. The normalized spacial score (nSPS) is 37.3. The highest BCUT2D eigenvalue weighted by atomic mass is 16.8. The number of aliphatic hydroxyl groups is 8. The zero-order valence-corrected chi connectivity index (χ0v) is 28.3. The molecule has 0 bridgehead atoms. The van der Waals surface area contributed by atoms with Gasteiger partial charge in [-0.1, -0.05) is 0 Å². The average Bonchev–Trinajstić information content (AvgIpc) is 3.12. The maximum absolute atomic E-state index is 14.1. The summed E-state index contributed by atoms with van der Waals surface area (Å²) >= 11 is 0. The Hall–Kier alpha value is -4.07. The summed E-state index contributed by atoms with van der Waals surface area (Å²) in [7, 11) is 0. The van der Waals surface area contributed by atoms with Crippen LogP contribution in [0.5, 0.6) is 34.5 Å². The average molecular weight is 773 g/mol. The molecule has 0 spiro atoms. The van der Waals surface area contributed by atoms with Crippen LogP contribution in [0.25, 0.3) is 22.3 Å². The molecule has 6 rings (SSSR count). The molecule has 0 saturated carbocycles. The fourth-order valence-electron chi connectivity index (χ4n) is 6.32. The molecule has 0 aliphatic carbocycles. The van der Waals surface area contributed by atoms with Crippen LogP contribution in [0, 0.1) is 0 Å². The lowest BCUT2D eigenvalue weighted by molar-refractivity contribution is -0.360. The van der Waals surface area contributed by atoms with Crippen LogP contribution in [0.3, 0.4) is 0 Å². The van der Waals surface area contributed by atoms with E-state index < -0.39 is 155 Å². The van der Waals surface area contributed by atoms with E-state index >= 15 is 0 Å². The molecule has 13 N–H and O–H groups in total. The lowest BCUT2D eigenvalue weighted by Crippen LogP contribution is -2.65. The van der Waals surface area contributed by atoms with Gasteiger partial charge in [0.2, 0.25) is 17.5 Å². The lowest BCUT2D eigenvalue weighted by Gasteiger charge is -2.46. The number of fused-ring (bicyclic) bond motifs is 1. The highest BCUT2D eigenvalue weighted by Gasteiger charge is 2.52. The first-order chi connectivity index (χ1) is 25.4. The topological polar surface area (TPSA) is 349 Å². The van der Waals surface area contributed by atoms with E-state index in [9.17, 15) is 71.2 Å². The van der Waals surface area contributed by atoms with E-state index in [4.69, 9.17) is 32.8 Å². The van der Waals surface area contributed by atoms with Gasteiger partial charge in [-0.25, -0.2) is 0 Å². The molecular formula is C33H40O21. The quantitative estimate of drug-likeness (QED) is 0.101. The maximum Gasteiger partial charge on any atom is 0.239 e. The Bertz CT molecular complexity index is 1860. The van der Waals surface area contributed by atoms with Crippen molar-refractivity contribution in [3.63, 3.8) is 0 Å². The summed E-state index contributed by atoms with van der Waals surface area (Å²) in [6, 6.07) is 3.45. The Morgan fingerprint density at radius 3 is 1.81 bits per heavy atom. The van der Waals surface area contributed by atoms with Gasteiger partial charge >= 0.3 is 0 Å². The fourth-order valence-corrected chi connectivity index (χ4v) is 6.32. The summed E-state index contributed by atoms with van der Waals surface area (Å²) in [6.07, 6.45) is -25.6. The molecule has 298 valence electrons. The summed E-state index contributed by atoms with van der Waals surface area (Å²) in [5.74, 6) is -5.56. The van der Waals surface area contributed by atoms with Crippen molar-refractivity contribution < 1.29 is 99.2 Å². The van der Waals surface area contributed by atoms with Crippen LogP contribution >= 0.6 is 0 Å². The Morgan fingerprint density at radius 1 is 0.630 bits per heavy atom. The second-order valence-corrected chi connectivity index (χ2v) is 13.2. The van der Waals surface area contributed by atoms with Gasteiger partial charge < -0.3 is 99.2 Å². The van der Waals surface area contributed by atoms with Gasteiger partial charge in [-0.05, 0) is 26.0 Å². The number of hydrogen-bond acceptors (Lipinski definition) is 21. The molecule has 0 amide bonds. The number of phenols is 5. The summed E-state index contributed by atoms with van der Waals surface area (Å²) in [6.45, 7) is 1.99. The van der Waals surface area contributed by atoms with E-state index in [1.54, 1.807) is 0 Å². The first kappa shape index (κ1) is 39.6.